The highest BCUT2D eigenvalue weighted by Gasteiger charge is 2.11. The lowest BCUT2D eigenvalue weighted by Crippen LogP contribution is -2.42. The summed E-state index contributed by atoms with van der Waals surface area (Å²) in [6, 6.07) is 5.45. The zero-order chi connectivity index (χ0) is 15.1. The van der Waals surface area contributed by atoms with Gasteiger partial charge in [-0.1, -0.05) is 6.07 Å². The van der Waals surface area contributed by atoms with Crippen LogP contribution >= 0.6 is 0 Å². The molecule has 1 aromatic carbocycles. The van der Waals surface area contributed by atoms with Crippen LogP contribution in [0.1, 0.15) is 5.56 Å². The summed E-state index contributed by atoms with van der Waals surface area (Å²) >= 11 is 0. The van der Waals surface area contributed by atoms with Crippen molar-refractivity contribution >= 4 is 11.7 Å². The number of carbonyl (C=O) groups is 1. The van der Waals surface area contributed by atoms with E-state index in [0.717, 1.165) is 38.4 Å². The Balaban J connectivity index is 1.76. The number of hydrogen-bond donors (Lipinski definition) is 2. The van der Waals surface area contributed by atoms with Crippen LogP contribution in [-0.2, 0) is 4.74 Å². The lowest BCUT2D eigenvalue weighted by Gasteiger charge is -2.26. The second-order valence-corrected chi connectivity index (χ2v) is 5.04. The number of hydrogen-bond acceptors (Lipinski definition) is 4. The fraction of sp³-hybridized carbons (Fsp3) is 0.533. The van der Waals surface area contributed by atoms with Crippen molar-refractivity contribution < 1.29 is 14.3 Å². The summed E-state index contributed by atoms with van der Waals surface area (Å²) in [5, 5.41) is 5.66. The number of carbonyl (C=O) groups excluding carboxylic acids is 1. The van der Waals surface area contributed by atoms with Crippen molar-refractivity contribution in [1.82, 2.24) is 10.2 Å². The molecule has 6 nitrogen and oxygen atoms in total. The van der Waals surface area contributed by atoms with E-state index in [4.69, 9.17) is 9.47 Å². The maximum absolute atomic E-state index is 11.9. The number of nitrogens with one attached hydrogen (secondary N) is 2. The number of anilines is 1. The van der Waals surface area contributed by atoms with Crippen molar-refractivity contribution in [1.29, 1.82) is 0 Å². The largest absolute Gasteiger partial charge is 0.495 e. The molecule has 1 heterocycles. The predicted molar refractivity (Wildman–Crippen MR) is 82.0 cm³/mol. The van der Waals surface area contributed by atoms with Gasteiger partial charge < -0.3 is 20.1 Å². The third-order valence-corrected chi connectivity index (χ3v) is 3.42. The average Bonchev–Trinajstić information content (AvgIpc) is 2.50. The van der Waals surface area contributed by atoms with Crippen molar-refractivity contribution in [2.75, 3.05) is 51.8 Å². The molecule has 116 valence electrons. The topological polar surface area (TPSA) is 62.8 Å². The quantitative estimate of drug-likeness (QED) is 0.863. The molecule has 1 fully saturated rings. The summed E-state index contributed by atoms with van der Waals surface area (Å²) in [6.45, 7) is 6.82. The molecule has 1 saturated heterocycles. The van der Waals surface area contributed by atoms with Crippen molar-refractivity contribution in [3.05, 3.63) is 23.8 Å². The van der Waals surface area contributed by atoms with E-state index in [1.54, 1.807) is 7.11 Å². The van der Waals surface area contributed by atoms with Gasteiger partial charge in [-0.15, -0.1) is 0 Å². The SMILES string of the molecule is COc1cc(C)ccc1NC(=O)NCCN1CCOCC1. The van der Waals surface area contributed by atoms with Crippen molar-refractivity contribution in [2.24, 2.45) is 0 Å². The van der Waals surface area contributed by atoms with Gasteiger partial charge in [0.15, 0.2) is 0 Å². The monoisotopic (exact) mass is 293 g/mol. The molecule has 6 heteroatoms. The number of aryl methyl sites for hydroxylation is 1. The molecular formula is C15H23N3O3. The molecular weight excluding hydrogens is 270 g/mol. The molecule has 0 radical (unpaired) electrons. The predicted octanol–water partition coefficient (Wildman–Crippen LogP) is 1.46. The van der Waals surface area contributed by atoms with Gasteiger partial charge in [0.05, 0.1) is 26.0 Å². The van der Waals surface area contributed by atoms with Gasteiger partial charge >= 0.3 is 6.03 Å². The summed E-state index contributed by atoms with van der Waals surface area (Å²) in [7, 11) is 1.59. The third kappa shape index (κ3) is 4.91. The number of nitrogens with zero attached hydrogens (tertiary/aromatic N) is 1. The standard InChI is InChI=1S/C15H23N3O3/c1-12-3-4-13(14(11-12)20-2)17-15(19)16-5-6-18-7-9-21-10-8-18/h3-4,11H,5-10H2,1-2H3,(H2,16,17,19). The summed E-state index contributed by atoms with van der Waals surface area (Å²) in [6.07, 6.45) is 0. The van der Waals surface area contributed by atoms with Crippen LogP contribution in [0, 0.1) is 6.92 Å². The van der Waals surface area contributed by atoms with Crippen LogP contribution in [0.3, 0.4) is 0 Å². The van der Waals surface area contributed by atoms with Crippen molar-refractivity contribution in [3.63, 3.8) is 0 Å². The number of benzene rings is 1. The Bertz CT molecular complexity index is 473. The fourth-order valence-corrected chi connectivity index (χ4v) is 2.22. The lowest BCUT2D eigenvalue weighted by molar-refractivity contribution is 0.0388. The molecule has 2 rings (SSSR count). The fourth-order valence-electron chi connectivity index (χ4n) is 2.22. The first-order valence-corrected chi connectivity index (χ1v) is 7.18. The first kappa shape index (κ1) is 15.6. The van der Waals surface area contributed by atoms with Gasteiger partial charge in [0.1, 0.15) is 5.75 Å². The van der Waals surface area contributed by atoms with E-state index in [2.05, 4.69) is 15.5 Å². The normalized spacial score (nSPS) is 15.5. The number of urea groups is 1. The molecule has 2 amide bonds. The average molecular weight is 293 g/mol. The second kappa shape index (κ2) is 7.85. The van der Waals surface area contributed by atoms with E-state index in [0.29, 0.717) is 18.0 Å². The highest BCUT2D eigenvalue weighted by Crippen LogP contribution is 2.24. The van der Waals surface area contributed by atoms with Gasteiger partial charge in [0.25, 0.3) is 0 Å². The highest BCUT2D eigenvalue weighted by atomic mass is 16.5. The molecule has 0 aromatic heterocycles. The number of ether oxygens (including phenoxy) is 2. The van der Waals surface area contributed by atoms with Crippen LogP contribution in [0.4, 0.5) is 10.5 Å². The molecule has 1 aromatic rings. The summed E-state index contributed by atoms with van der Waals surface area (Å²) in [4.78, 5) is 14.2. The van der Waals surface area contributed by atoms with Gasteiger partial charge in [0.2, 0.25) is 0 Å². The van der Waals surface area contributed by atoms with E-state index < -0.39 is 0 Å². The molecule has 21 heavy (non-hydrogen) atoms. The van der Waals surface area contributed by atoms with E-state index in [1.165, 1.54) is 0 Å². The molecule has 0 unspecified atom stereocenters. The van der Waals surface area contributed by atoms with Crippen LogP contribution in [0.15, 0.2) is 18.2 Å². The zero-order valence-corrected chi connectivity index (χ0v) is 12.6. The molecule has 0 bridgehead atoms. The number of methoxy groups -OCH3 is 1. The number of rotatable bonds is 5. The minimum atomic E-state index is -0.217. The van der Waals surface area contributed by atoms with Crippen molar-refractivity contribution in [2.45, 2.75) is 6.92 Å². The van der Waals surface area contributed by atoms with Gasteiger partial charge in [-0.05, 0) is 24.6 Å². The van der Waals surface area contributed by atoms with E-state index in [-0.39, 0.29) is 6.03 Å². The zero-order valence-electron chi connectivity index (χ0n) is 12.6. The van der Waals surface area contributed by atoms with Crippen LogP contribution in [0.5, 0.6) is 5.75 Å². The molecule has 2 N–H and O–H groups in total. The van der Waals surface area contributed by atoms with Crippen molar-refractivity contribution in [3.8, 4) is 5.75 Å². The van der Waals surface area contributed by atoms with Crippen LogP contribution in [0.25, 0.3) is 0 Å². The number of morpholine rings is 1. The van der Waals surface area contributed by atoms with Gasteiger partial charge in [0, 0.05) is 26.2 Å². The second-order valence-electron chi connectivity index (χ2n) is 5.04. The first-order chi connectivity index (χ1) is 10.2. The third-order valence-electron chi connectivity index (χ3n) is 3.42. The number of amides is 2. The summed E-state index contributed by atoms with van der Waals surface area (Å²) < 4.78 is 10.5. The van der Waals surface area contributed by atoms with Crippen LogP contribution < -0.4 is 15.4 Å². The van der Waals surface area contributed by atoms with E-state index in [9.17, 15) is 4.79 Å². The Kier molecular flexibility index (Phi) is 5.83. The van der Waals surface area contributed by atoms with Crippen LogP contribution in [-0.4, -0.2) is 57.4 Å². The minimum Gasteiger partial charge on any atom is -0.495 e. The minimum absolute atomic E-state index is 0.217. The maximum atomic E-state index is 11.9. The Morgan fingerprint density at radius 3 is 2.86 bits per heavy atom. The van der Waals surface area contributed by atoms with E-state index in [1.807, 2.05) is 25.1 Å². The Labute approximate surface area is 125 Å². The smallest absolute Gasteiger partial charge is 0.319 e. The van der Waals surface area contributed by atoms with Crippen LogP contribution in [0.2, 0.25) is 0 Å². The van der Waals surface area contributed by atoms with Gasteiger partial charge in [-0.3, -0.25) is 4.90 Å². The Morgan fingerprint density at radius 2 is 2.14 bits per heavy atom. The molecule has 0 saturated carbocycles. The molecule has 0 spiro atoms. The summed E-state index contributed by atoms with van der Waals surface area (Å²) in [5.74, 6) is 0.665. The Morgan fingerprint density at radius 1 is 1.38 bits per heavy atom. The highest BCUT2D eigenvalue weighted by molar-refractivity contribution is 5.90. The summed E-state index contributed by atoms with van der Waals surface area (Å²) in [5.41, 5.74) is 1.76. The van der Waals surface area contributed by atoms with Gasteiger partial charge in [-0.2, -0.15) is 0 Å². The first-order valence-electron chi connectivity index (χ1n) is 7.18. The van der Waals surface area contributed by atoms with E-state index >= 15 is 0 Å². The molecule has 0 aliphatic carbocycles. The molecule has 1 aliphatic heterocycles. The molecule has 0 atom stereocenters. The molecule has 1 aliphatic rings. The maximum Gasteiger partial charge on any atom is 0.319 e. The Hall–Kier alpha value is -1.79. The lowest BCUT2D eigenvalue weighted by atomic mass is 10.2. The van der Waals surface area contributed by atoms with Gasteiger partial charge in [-0.25, -0.2) is 4.79 Å².